The van der Waals surface area contributed by atoms with Crippen LogP contribution in [0.1, 0.15) is 18.4 Å². The summed E-state index contributed by atoms with van der Waals surface area (Å²) in [4.78, 5) is 4.45. The van der Waals surface area contributed by atoms with Crippen molar-refractivity contribution in [3.8, 4) is 0 Å². The van der Waals surface area contributed by atoms with Gasteiger partial charge in [-0.1, -0.05) is 0 Å². The minimum absolute atomic E-state index is 0.0229. The van der Waals surface area contributed by atoms with E-state index in [0.717, 1.165) is 16.8 Å². The Bertz CT molecular complexity index is 427. The van der Waals surface area contributed by atoms with E-state index in [1.165, 1.54) is 18.4 Å². The summed E-state index contributed by atoms with van der Waals surface area (Å²) in [6.07, 6.45) is 4.39. The molecule has 1 saturated carbocycles. The van der Waals surface area contributed by atoms with Crippen molar-refractivity contribution < 1.29 is 9.47 Å². The largest absolute Gasteiger partial charge is 0.382 e. The standard InChI is InChI=1S/C14H22BrN3O2/c1-19-9-13(20-2)8-18-14-10(5-11(15)7-17-14)6-16-12-3-4-12/h5,7,12-13,16H,3-4,6,8-9H2,1-2H3,(H,17,18). The number of ether oxygens (including phenoxy) is 2. The van der Waals surface area contributed by atoms with E-state index in [2.05, 4.69) is 37.6 Å². The van der Waals surface area contributed by atoms with E-state index in [-0.39, 0.29) is 6.10 Å². The van der Waals surface area contributed by atoms with Crippen LogP contribution in [-0.2, 0) is 16.0 Å². The highest BCUT2D eigenvalue weighted by molar-refractivity contribution is 9.10. The summed E-state index contributed by atoms with van der Waals surface area (Å²) in [6, 6.07) is 2.78. The number of nitrogens with one attached hydrogen (secondary N) is 2. The Kier molecular flexibility index (Phi) is 6.22. The summed E-state index contributed by atoms with van der Waals surface area (Å²) in [5, 5.41) is 6.85. The molecule has 6 heteroatoms. The van der Waals surface area contributed by atoms with Crippen LogP contribution >= 0.6 is 15.9 Å². The highest BCUT2D eigenvalue weighted by Gasteiger charge is 2.20. The first-order valence-corrected chi connectivity index (χ1v) is 7.65. The second kappa shape index (κ2) is 7.93. The second-order valence-corrected chi connectivity index (χ2v) is 5.93. The Balaban J connectivity index is 1.93. The van der Waals surface area contributed by atoms with Crippen LogP contribution in [0.2, 0.25) is 0 Å². The summed E-state index contributed by atoms with van der Waals surface area (Å²) >= 11 is 3.47. The van der Waals surface area contributed by atoms with Gasteiger partial charge < -0.3 is 20.1 Å². The van der Waals surface area contributed by atoms with Crippen molar-refractivity contribution in [2.45, 2.75) is 31.5 Å². The third kappa shape index (κ3) is 5.01. The van der Waals surface area contributed by atoms with Gasteiger partial charge in [0, 0.05) is 49.6 Å². The van der Waals surface area contributed by atoms with Gasteiger partial charge in [0.2, 0.25) is 0 Å². The molecule has 2 N–H and O–H groups in total. The van der Waals surface area contributed by atoms with Crippen molar-refractivity contribution in [1.29, 1.82) is 0 Å². The lowest BCUT2D eigenvalue weighted by Crippen LogP contribution is -2.27. The quantitative estimate of drug-likeness (QED) is 0.719. The molecule has 0 spiro atoms. The molecule has 5 nitrogen and oxygen atoms in total. The van der Waals surface area contributed by atoms with E-state index < -0.39 is 0 Å². The van der Waals surface area contributed by atoms with E-state index in [9.17, 15) is 0 Å². The molecule has 1 aliphatic rings. The summed E-state index contributed by atoms with van der Waals surface area (Å²) in [7, 11) is 3.37. The van der Waals surface area contributed by atoms with Gasteiger partial charge in [0.15, 0.2) is 0 Å². The maximum absolute atomic E-state index is 5.34. The molecule has 0 saturated heterocycles. The molecule has 1 fully saturated rings. The number of rotatable bonds is 9. The number of pyridine rings is 1. The molecule has 1 aromatic rings. The predicted octanol–water partition coefficient (Wildman–Crippen LogP) is 2.17. The average Bonchev–Trinajstić information content (AvgIpc) is 3.26. The highest BCUT2D eigenvalue weighted by Crippen LogP contribution is 2.22. The lowest BCUT2D eigenvalue weighted by Gasteiger charge is -2.17. The van der Waals surface area contributed by atoms with Crippen LogP contribution in [0.4, 0.5) is 5.82 Å². The molecular weight excluding hydrogens is 322 g/mol. The molecule has 0 radical (unpaired) electrons. The summed E-state index contributed by atoms with van der Waals surface area (Å²) in [6.45, 7) is 2.08. The topological polar surface area (TPSA) is 55.4 Å². The van der Waals surface area contributed by atoms with Crippen molar-refractivity contribution in [3.05, 3.63) is 22.3 Å². The van der Waals surface area contributed by atoms with Gasteiger partial charge in [-0.25, -0.2) is 4.98 Å². The molecule has 20 heavy (non-hydrogen) atoms. The van der Waals surface area contributed by atoms with Gasteiger partial charge in [0.05, 0.1) is 12.7 Å². The molecule has 112 valence electrons. The molecule has 0 aliphatic heterocycles. The smallest absolute Gasteiger partial charge is 0.130 e. The zero-order valence-electron chi connectivity index (χ0n) is 12.0. The molecule has 0 aromatic carbocycles. The first-order chi connectivity index (χ1) is 9.72. The minimum atomic E-state index is 0.0229. The van der Waals surface area contributed by atoms with Crippen molar-refractivity contribution in [2.24, 2.45) is 0 Å². The molecule has 1 aromatic heterocycles. The average molecular weight is 344 g/mol. The SMILES string of the molecule is COCC(CNc1ncc(Br)cc1CNC1CC1)OC. The Morgan fingerprint density at radius 2 is 2.25 bits per heavy atom. The van der Waals surface area contributed by atoms with Gasteiger partial charge in [-0.2, -0.15) is 0 Å². The number of nitrogens with zero attached hydrogens (tertiary/aromatic N) is 1. The zero-order chi connectivity index (χ0) is 14.4. The first kappa shape index (κ1) is 15.7. The Labute approximate surface area is 128 Å². The number of methoxy groups -OCH3 is 2. The van der Waals surface area contributed by atoms with E-state index >= 15 is 0 Å². The van der Waals surface area contributed by atoms with Gasteiger partial charge in [-0.05, 0) is 34.8 Å². The molecule has 0 amide bonds. The fourth-order valence-corrected chi connectivity index (χ4v) is 2.30. The van der Waals surface area contributed by atoms with Gasteiger partial charge >= 0.3 is 0 Å². The van der Waals surface area contributed by atoms with E-state index in [1.807, 2.05) is 0 Å². The number of halogens is 1. The Morgan fingerprint density at radius 1 is 1.45 bits per heavy atom. The highest BCUT2D eigenvalue weighted by atomic mass is 79.9. The molecule has 1 atom stereocenters. The van der Waals surface area contributed by atoms with Crippen molar-refractivity contribution in [2.75, 3.05) is 32.7 Å². The normalized spacial score (nSPS) is 16.1. The van der Waals surface area contributed by atoms with Gasteiger partial charge in [-0.15, -0.1) is 0 Å². The van der Waals surface area contributed by atoms with Crippen LogP contribution in [0.5, 0.6) is 0 Å². The maximum atomic E-state index is 5.34. The molecule has 1 heterocycles. The van der Waals surface area contributed by atoms with Crippen molar-refractivity contribution >= 4 is 21.7 Å². The first-order valence-electron chi connectivity index (χ1n) is 6.86. The minimum Gasteiger partial charge on any atom is -0.382 e. The van der Waals surface area contributed by atoms with Crippen molar-refractivity contribution in [3.63, 3.8) is 0 Å². The Morgan fingerprint density at radius 3 is 2.90 bits per heavy atom. The number of anilines is 1. The zero-order valence-corrected chi connectivity index (χ0v) is 13.6. The third-order valence-electron chi connectivity index (χ3n) is 3.27. The van der Waals surface area contributed by atoms with Crippen LogP contribution in [0.25, 0.3) is 0 Å². The Hall–Kier alpha value is -0.690. The third-order valence-corrected chi connectivity index (χ3v) is 3.71. The van der Waals surface area contributed by atoms with E-state index in [1.54, 1.807) is 20.4 Å². The molecule has 1 unspecified atom stereocenters. The summed E-state index contributed by atoms with van der Waals surface area (Å²) in [5.41, 5.74) is 1.17. The summed E-state index contributed by atoms with van der Waals surface area (Å²) in [5.74, 6) is 0.902. The van der Waals surface area contributed by atoms with Crippen LogP contribution in [0.3, 0.4) is 0 Å². The fourth-order valence-electron chi connectivity index (χ4n) is 1.92. The maximum Gasteiger partial charge on any atom is 0.130 e. The van der Waals surface area contributed by atoms with Gasteiger partial charge in [0.25, 0.3) is 0 Å². The van der Waals surface area contributed by atoms with E-state index in [4.69, 9.17) is 9.47 Å². The second-order valence-electron chi connectivity index (χ2n) is 5.01. The lowest BCUT2D eigenvalue weighted by atomic mass is 10.2. The number of hydrogen-bond donors (Lipinski definition) is 2. The molecule has 1 aliphatic carbocycles. The monoisotopic (exact) mass is 343 g/mol. The molecular formula is C14H22BrN3O2. The molecule has 2 rings (SSSR count). The van der Waals surface area contributed by atoms with Gasteiger partial charge in [-0.3, -0.25) is 0 Å². The van der Waals surface area contributed by atoms with E-state index in [0.29, 0.717) is 19.2 Å². The van der Waals surface area contributed by atoms with Crippen LogP contribution in [0, 0.1) is 0 Å². The molecule has 0 bridgehead atoms. The van der Waals surface area contributed by atoms with Crippen molar-refractivity contribution in [1.82, 2.24) is 10.3 Å². The summed E-state index contributed by atoms with van der Waals surface area (Å²) < 4.78 is 11.5. The number of aromatic nitrogens is 1. The van der Waals surface area contributed by atoms with Gasteiger partial charge in [0.1, 0.15) is 5.82 Å². The predicted molar refractivity (Wildman–Crippen MR) is 83.0 cm³/mol. The van der Waals surface area contributed by atoms with Crippen LogP contribution < -0.4 is 10.6 Å². The lowest BCUT2D eigenvalue weighted by molar-refractivity contribution is 0.0365. The van der Waals surface area contributed by atoms with Crippen LogP contribution in [-0.4, -0.2) is 44.5 Å². The fraction of sp³-hybridized carbons (Fsp3) is 0.643. The number of hydrogen-bond acceptors (Lipinski definition) is 5. The van der Waals surface area contributed by atoms with Crippen LogP contribution in [0.15, 0.2) is 16.7 Å².